The molecule has 2 aliphatic heterocycles. The number of nitro benzene ring substituents is 1. The molecule has 1 N–H and O–H groups in total. The molecule has 1 saturated carbocycles. The minimum Gasteiger partial charge on any atom is -0.508 e. The van der Waals surface area contributed by atoms with Crippen molar-refractivity contribution in [2.75, 3.05) is 16.9 Å². The number of anilines is 2. The van der Waals surface area contributed by atoms with Crippen molar-refractivity contribution in [3.05, 3.63) is 98.8 Å². The van der Waals surface area contributed by atoms with Crippen molar-refractivity contribution in [2.24, 2.45) is 29.1 Å². The molecule has 11 nitrogen and oxygen atoms in total. The van der Waals surface area contributed by atoms with Gasteiger partial charge < -0.3 is 9.84 Å². The number of phenolic OH excluding ortho intramolecular Hbond substituents is 1. The van der Waals surface area contributed by atoms with E-state index in [0.29, 0.717) is 16.9 Å². The molecule has 2 heterocycles. The second kappa shape index (κ2) is 10.7. The molecule has 4 amide bonds. The van der Waals surface area contributed by atoms with Gasteiger partial charge in [-0.05, 0) is 62.1 Å². The number of nitrogens with zero attached hydrogens (tertiary/aromatic N) is 3. The van der Waals surface area contributed by atoms with Crippen molar-refractivity contribution in [3.8, 4) is 11.5 Å². The van der Waals surface area contributed by atoms with Crippen molar-refractivity contribution in [3.63, 3.8) is 0 Å². The largest absolute Gasteiger partial charge is 0.508 e. The van der Waals surface area contributed by atoms with E-state index in [1.807, 2.05) is 6.08 Å². The van der Waals surface area contributed by atoms with E-state index in [-0.39, 0.29) is 40.7 Å². The van der Waals surface area contributed by atoms with Gasteiger partial charge in [-0.25, -0.2) is 9.29 Å². The molecule has 13 heteroatoms. The number of rotatable bonds is 5. The van der Waals surface area contributed by atoms with Crippen LogP contribution >= 0.6 is 11.6 Å². The van der Waals surface area contributed by atoms with E-state index in [9.17, 15) is 38.8 Å². The number of hydrogen-bond acceptors (Lipinski definition) is 8. The molecule has 0 radical (unpaired) electrons. The van der Waals surface area contributed by atoms with Crippen LogP contribution in [0, 0.1) is 45.0 Å². The van der Waals surface area contributed by atoms with Crippen LogP contribution in [0.4, 0.5) is 21.5 Å². The number of benzene rings is 3. The van der Waals surface area contributed by atoms with E-state index < -0.39 is 69.4 Å². The van der Waals surface area contributed by atoms with Crippen LogP contribution in [0.15, 0.2) is 72.3 Å². The standard InChI is InChI=1S/C34H27ClFN3O8/c1-34-24(31(42)38(33(34)44)18-7-12-26(36)25(35)13-18)15-23-20(29(34)21-9-8-19(47-2)14-27(21)40)10-11-22-28(23)32(43)37(30(22)41)16-3-5-17(6-4-16)39(45)46/h3-10,12-14,22-24,28-29,40H,11,15H2,1-2H3/t22-,23+,24-,28-,29+,34+/m0/s1. The average molecular weight is 660 g/mol. The summed E-state index contributed by atoms with van der Waals surface area (Å²) in [5, 5.41) is 22.2. The lowest BCUT2D eigenvalue weighted by Gasteiger charge is -2.49. The van der Waals surface area contributed by atoms with Crippen LogP contribution in [0.25, 0.3) is 0 Å². The Bertz CT molecular complexity index is 1950. The van der Waals surface area contributed by atoms with Gasteiger partial charge in [0.2, 0.25) is 23.6 Å². The number of non-ortho nitro benzene ring substituents is 1. The van der Waals surface area contributed by atoms with Crippen LogP contribution in [0.5, 0.6) is 11.5 Å². The van der Waals surface area contributed by atoms with Gasteiger partial charge in [0.05, 0.1) is 51.6 Å². The van der Waals surface area contributed by atoms with Gasteiger partial charge in [0.15, 0.2) is 0 Å². The minimum atomic E-state index is -1.44. The van der Waals surface area contributed by atoms with Gasteiger partial charge in [0, 0.05) is 29.7 Å². The van der Waals surface area contributed by atoms with Gasteiger partial charge in [-0.15, -0.1) is 0 Å². The highest BCUT2D eigenvalue weighted by atomic mass is 35.5. The summed E-state index contributed by atoms with van der Waals surface area (Å²) in [6.45, 7) is 1.66. The number of amides is 4. The third kappa shape index (κ3) is 4.31. The number of halogens is 2. The molecule has 4 aliphatic rings. The Morgan fingerprint density at radius 1 is 0.957 bits per heavy atom. The lowest BCUT2D eigenvalue weighted by atomic mass is 9.51. The van der Waals surface area contributed by atoms with Gasteiger partial charge in [0.1, 0.15) is 17.3 Å². The van der Waals surface area contributed by atoms with E-state index in [4.69, 9.17) is 16.3 Å². The molecular formula is C34H27ClFN3O8. The van der Waals surface area contributed by atoms with E-state index in [2.05, 4.69) is 0 Å². The Labute approximate surface area is 272 Å². The molecule has 6 atom stereocenters. The zero-order valence-corrected chi connectivity index (χ0v) is 25.8. The third-order valence-corrected chi connectivity index (χ3v) is 10.6. The summed E-state index contributed by atoms with van der Waals surface area (Å²) in [5.41, 5.74) is -0.361. The number of ether oxygens (including phenoxy) is 1. The number of hydrogen-bond donors (Lipinski definition) is 1. The minimum absolute atomic E-state index is 0.0556. The van der Waals surface area contributed by atoms with Crippen LogP contribution in [0.3, 0.4) is 0 Å². The molecule has 2 aliphatic carbocycles. The molecule has 240 valence electrons. The maximum Gasteiger partial charge on any atom is 0.269 e. The van der Waals surface area contributed by atoms with Crippen molar-refractivity contribution in [2.45, 2.75) is 25.7 Å². The second-order valence-corrected chi connectivity index (χ2v) is 12.9. The van der Waals surface area contributed by atoms with Gasteiger partial charge >= 0.3 is 0 Å². The number of imide groups is 2. The fourth-order valence-electron chi connectivity index (χ4n) is 8.10. The molecule has 0 aromatic heterocycles. The highest BCUT2D eigenvalue weighted by Crippen LogP contribution is 2.64. The Hall–Kier alpha value is -5.10. The fraction of sp³-hybridized carbons (Fsp3) is 0.294. The first kappa shape index (κ1) is 30.5. The zero-order valence-electron chi connectivity index (χ0n) is 25.1. The first-order chi connectivity index (χ1) is 22.4. The molecule has 3 aromatic rings. The topological polar surface area (TPSA) is 147 Å². The van der Waals surface area contributed by atoms with Crippen LogP contribution in [0.1, 0.15) is 31.2 Å². The summed E-state index contributed by atoms with van der Waals surface area (Å²) in [6, 6.07) is 13.4. The predicted octanol–water partition coefficient (Wildman–Crippen LogP) is 5.54. The van der Waals surface area contributed by atoms with Crippen LogP contribution in [-0.4, -0.2) is 40.8 Å². The van der Waals surface area contributed by atoms with Crippen molar-refractivity contribution >= 4 is 52.3 Å². The summed E-state index contributed by atoms with van der Waals surface area (Å²) in [5.74, 6) is -6.82. The molecule has 3 aromatic carbocycles. The number of carbonyl (C=O) groups excluding carboxylic acids is 4. The predicted molar refractivity (Wildman–Crippen MR) is 166 cm³/mol. The zero-order chi connectivity index (χ0) is 33.5. The summed E-state index contributed by atoms with van der Waals surface area (Å²) < 4.78 is 19.4. The normalized spacial score (nSPS) is 28.2. The first-order valence-electron chi connectivity index (χ1n) is 14.9. The number of carbonyl (C=O) groups is 4. The monoisotopic (exact) mass is 659 g/mol. The summed E-state index contributed by atoms with van der Waals surface area (Å²) in [6.07, 6.45) is 2.06. The van der Waals surface area contributed by atoms with Gasteiger partial charge in [0.25, 0.3) is 5.69 Å². The van der Waals surface area contributed by atoms with E-state index >= 15 is 0 Å². The van der Waals surface area contributed by atoms with Crippen LogP contribution < -0.4 is 14.5 Å². The van der Waals surface area contributed by atoms with Crippen LogP contribution in [-0.2, 0) is 19.2 Å². The molecule has 47 heavy (non-hydrogen) atoms. The third-order valence-electron chi connectivity index (χ3n) is 10.3. The number of nitro groups is 1. The number of phenols is 1. The van der Waals surface area contributed by atoms with E-state index in [1.165, 1.54) is 49.6 Å². The Morgan fingerprint density at radius 2 is 1.66 bits per heavy atom. The second-order valence-electron chi connectivity index (χ2n) is 12.5. The smallest absolute Gasteiger partial charge is 0.269 e. The number of aromatic hydroxyl groups is 1. The molecule has 2 saturated heterocycles. The number of allylic oxidation sites excluding steroid dienone is 2. The van der Waals surface area contributed by atoms with Crippen molar-refractivity contribution in [1.82, 2.24) is 0 Å². The number of methoxy groups -OCH3 is 1. The van der Waals surface area contributed by atoms with Crippen LogP contribution in [0.2, 0.25) is 5.02 Å². The molecule has 0 spiro atoms. The average Bonchev–Trinajstić information content (AvgIpc) is 3.42. The maximum atomic E-state index is 14.5. The lowest BCUT2D eigenvalue weighted by Crippen LogP contribution is -2.48. The molecule has 3 fully saturated rings. The van der Waals surface area contributed by atoms with Gasteiger partial charge in [-0.3, -0.25) is 34.2 Å². The lowest BCUT2D eigenvalue weighted by molar-refractivity contribution is -0.384. The van der Waals surface area contributed by atoms with E-state index in [0.717, 1.165) is 15.9 Å². The SMILES string of the molecule is COc1ccc([C@H]2C3=CC[C@@H]4C(=O)N(c5ccc([N+](=O)[O-])cc5)C(=O)[C@@H]4[C@@H]3C[C@H]3C(=O)N(c4ccc(F)c(Cl)c4)C(=O)[C@@]23C)c(O)c1. The molecule has 7 rings (SSSR count). The van der Waals surface area contributed by atoms with Crippen molar-refractivity contribution in [1.29, 1.82) is 0 Å². The van der Waals surface area contributed by atoms with Gasteiger partial charge in [-0.2, -0.15) is 0 Å². The Morgan fingerprint density at radius 3 is 2.30 bits per heavy atom. The number of fused-ring (bicyclic) bond motifs is 4. The molecule has 0 bridgehead atoms. The summed E-state index contributed by atoms with van der Waals surface area (Å²) >= 11 is 6.04. The van der Waals surface area contributed by atoms with Gasteiger partial charge in [-0.1, -0.05) is 29.3 Å². The highest BCUT2D eigenvalue weighted by Gasteiger charge is 2.68. The Balaban J connectivity index is 1.35. The fourth-order valence-corrected chi connectivity index (χ4v) is 8.28. The summed E-state index contributed by atoms with van der Waals surface area (Å²) in [7, 11) is 1.44. The first-order valence-corrected chi connectivity index (χ1v) is 15.3. The van der Waals surface area contributed by atoms with Crippen molar-refractivity contribution < 1.29 is 38.3 Å². The molecule has 0 unspecified atom stereocenters. The maximum absolute atomic E-state index is 14.5. The Kier molecular flexibility index (Phi) is 6.97. The summed E-state index contributed by atoms with van der Waals surface area (Å²) in [4.78, 5) is 69.3. The molecular weight excluding hydrogens is 633 g/mol. The van der Waals surface area contributed by atoms with E-state index in [1.54, 1.807) is 19.1 Å². The quantitative estimate of drug-likeness (QED) is 0.163. The highest BCUT2D eigenvalue weighted by molar-refractivity contribution is 6.32.